The smallest absolute Gasteiger partial charge is 0.232 e. The lowest BCUT2D eigenvalue weighted by Gasteiger charge is -2.09. The van der Waals surface area contributed by atoms with Crippen molar-refractivity contribution in [1.82, 2.24) is 4.98 Å². The van der Waals surface area contributed by atoms with Crippen LogP contribution < -0.4 is 5.32 Å². The third-order valence-electron chi connectivity index (χ3n) is 4.51. The van der Waals surface area contributed by atoms with Crippen LogP contribution in [0.3, 0.4) is 0 Å². The van der Waals surface area contributed by atoms with Crippen molar-refractivity contribution in [3.63, 3.8) is 0 Å². The Bertz CT molecular complexity index is 915. The zero-order valence-electron chi connectivity index (χ0n) is 13.9. The standard InChI is InChI=1S/C20H19N3O2/c21-12-18-20(22-13-16-8-4-10-24-16)25-19(23-18)11-15-7-3-6-14-5-1-2-9-17(14)15/h1-3,5-7,9,16,22H,4,8,10-11,13H2/t16-/m0/s1. The van der Waals surface area contributed by atoms with Crippen molar-refractivity contribution in [2.24, 2.45) is 0 Å². The maximum absolute atomic E-state index is 9.32. The molecule has 2 aromatic carbocycles. The molecule has 0 saturated carbocycles. The first-order chi connectivity index (χ1) is 12.3. The van der Waals surface area contributed by atoms with Crippen LogP contribution in [0, 0.1) is 11.3 Å². The first kappa shape index (κ1) is 15.7. The van der Waals surface area contributed by atoms with Gasteiger partial charge in [0.1, 0.15) is 6.07 Å². The minimum absolute atomic E-state index is 0.179. The number of aromatic nitrogens is 1. The van der Waals surface area contributed by atoms with Crippen molar-refractivity contribution in [1.29, 1.82) is 5.26 Å². The number of benzene rings is 2. The first-order valence-electron chi connectivity index (χ1n) is 8.55. The van der Waals surface area contributed by atoms with Gasteiger partial charge in [-0.25, -0.2) is 4.98 Å². The molecule has 3 aromatic rings. The molecule has 126 valence electrons. The Labute approximate surface area is 146 Å². The molecule has 0 bridgehead atoms. The predicted molar refractivity (Wildman–Crippen MR) is 95.4 cm³/mol. The molecule has 1 saturated heterocycles. The monoisotopic (exact) mass is 333 g/mol. The molecule has 0 spiro atoms. The van der Waals surface area contributed by atoms with Gasteiger partial charge in [-0.1, -0.05) is 42.5 Å². The molecule has 1 N–H and O–H groups in total. The van der Waals surface area contributed by atoms with Crippen LogP contribution in [0.4, 0.5) is 5.88 Å². The van der Waals surface area contributed by atoms with Gasteiger partial charge in [-0.3, -0.25) is 0 Å². The Morgan fingerprint density at radius 3 is 2.92 bits per heavy atom. The van der Waals surface area contributed by atoms with E-state index < -0.39 is 0 Å². The number of rotatable bonds is 5. The topological polar surface area (TPSA) is 71.1 Å². The number of ether oxygens (including phenoxy) is 1. The number of fused-ring (bicyclic) bond motifs is 1. The second kappa shape index (κ2) is 6.96. The summed E-state index contributed by atoms with van der Waals surface area (Å²) in [6.45, 7) is 1.44. The first-order valence-corrected chi connectivity index (χ1v) is 8.55. The summed E-state index contributed by atoms with van der Waals surface area (Å²) in [6, 6.07) is 16.5. The van der Waals surface area contributed by atoms with Gasteiger partial charge < -0.3 is 14.5 Å². The highest BCUT2D eigenvalue weighted by Crippen LogP contribution is 2.24. The summed E-state index contributed by atoms with van der Waals surface area (Å²) in [7, 11) is 0. The van der Waals surface area contributed by atoms with Gasteiger partial charge in [0.05, 0.1) is 12.5 Å². The van der Waals surface area contributed by atoms with Gasteiger partial charge in [0.25, 0.3) is 0 Å². The minimum Gasteiger partial charge on any atom is -0.423 e. The Kier molecular flexibility index (Phi) is 4.36. The highest BCUT2D eigenvalue weighted by molar-refractivity contribution is 5.85. The van der Waals surface area contributed by atoms with Crippen molar-refractivity contribution < 1.29 is 9.15 Å². The molecule has 25 heavy (non-hydrogen) atoms. The van der Waals surface area contributed by atoms with E-state index in [4.69, 9.17) is 9.15 Å². The van der Waals surface area contributed by atoms with Gasteiger partial charge >= 0.3 is 0 Å². The summed E-state index contributed by atoms with van der Waals surface area (Å²) in [5.41, 5.74) is 1.43. The fraction of sp³-hybridized carbons (Fsp3) is 0.300. The number of nitrogens with one attached hydrogen (secondary N) is 1. The molecule has 2 heterocycles. The molecule has 5 nitrogen and oxygen atoms in total. The van der Waals surface area contributed by atoms with E-state index in [2.05, 4.69) is 40.6 Å². The van der Waals surface area contributed by atoms with E-state index in [9.17, 15) is 5.26 Å². The van der Waals surface area contributed by atoms with Crippen LogP contribution in [-0.4, -0.2) is 24.2 Å². The summed E-state index contributed by atoms with van der Waals surface area (Å²) in [4.78, 5) is 4.34. The fourth-order valence-corrected chi connectivity index (χ4v) is 3.26. The van der Waals surface area contributed by atoms with Crippen LogP contribution in [0.25, 0.3) is 10.8 Å². The second-order valence-electron chi connectivity index (χ2n) is 6.23. The molecule has 1 aromatic heterocycles. The summed E-state index contributed by atoms with van der Waals surface area (Å²) < 4.78 is 11.4. The van der Waals surface area contributed by atoms with Crippen molar-refractivity contribution in [3.05, 3.63) is 59.6 Å². The zero-order valence-corrected chi connectivity index (χ0v) is 13.9. The van der Waals surface area contributed by atoms with Gasteiger partial charge in [0.15, 0.2) is 0 Å². The zero-order chi connectivity index (χ0) is 17.1. The number of hydrogen-bond donors (Lipinski definition) is 1. The molecule has 0 amide bonds. The summed E-state index contributed by atoms with van der Waals surface area (Å²) in [5.74, 6) is 0.982. The molecule has 0 unspecified atom stereocenters. The van der Waals surface area contributed by atoms with Gasteiger partial charge in [-0.05, 0) is 29.2 Å². The molecule has 1 aliphatic rings. The second-order valence-corrected chi connectivity index (χ2v) is 6.23. The number of oxazole rings is 1. The van der Waals surface area contributed by atoms with E-state index in [1.165, 1.54) is 10.8 Å². The van der Waals surface area contributed by atoms with Gasteiger partial charge in [-0.2, -0.15) is 5.26 Å². The van der Waals surface area contributed by atoms with Crippen molar-refractivity contribution in [2.45, 2.75) is 25.4 Å². The van der Waals surface area contributed by atoms with Crippen molar-refractivity contribution in [3.8, 4) is 6.07 Å². The molecule has 1 aliphatic heterocycles. The summed E-state index contributed by atoms with van der Waals surface area (Å²) in [5, 5.41) is 14.9. The maximum atomic E-state index is 9.32. The largest absolute Gasteiger partial charge is 0.423 e. The molecule has 4 rings (SSSR count). The molecule has 0 radical (unpaired) electrons. The Morgan fingerprint density at radius 2 is 2.08 bits per heavy atom. The van der Waals surface area contributed by atoms with E-state index >= 15 is 0 Å². The van der Waals surface area contributed by atoms with Crippen molar-refractivity contribution >= 4 is 16.7 Å². The Hall–Kier alpha value is -2.84. The summed E-state index contributed by atoms with van der Waals surface area (Å²) in [6.07, 6.45) is 2.85. The predicted octanol–water partition coefficient (Wildman–Crippen LogP) is 3.88. The van der Waals surface area contributed by atoms with Crippen molar-refractivity contribution in [2.75, 3.05) is 18.5 Å². The Balaban J connectivity index is 1.55. The van der Waals surface area contributed by atoms with Crippen LogP contribution in [0.2, 0.25) is 0 Å². The third-order valence-corrected chi connectivity index (χ3v) is 4.51. The van der Waals surface area contributed by atoms with E-state index in [0.29, 0.717) is 30.4 Å². The fourth-order valence-electron chi connectivity index (χ4n) is 3.26. The Morgan fingerprint density at radius 1 is 1.20 bits per heavy atom. The number of hydrogen-bond acceptors (Lipinski definition) is 5. The molecular formula is C20H19N3O2. The minimum atomic E-state index is 0.179. The van der Waals surface area contributed by atoms with Crippen LogP contribution in [0.5, 0.6) is 0 Å². The number of anilines is 1. The van der Waals surface area contributed by atoms with Gasteiger partial charge in [-0.15, -0.1) is 0 Å². The average molecular weight is 333 g/mol. The lowest BCUT2D eigenvalue weighted by atomic mass is 10.0. The van der Waals surface area contributed by atoms with Gasteiger partial charge in [0, 0.05) is 13.2 Å². The number of nitriles is 1. The molecular weight excluding hydrogens is 314 g/mol. The van der Waals surface area contributed by atoms with E-state index in [1.807, 2.05) is 18.2 Å². The van der Waals surface area contributed by atoms with E-state index in [0.717, 1.165) is 25.0 Å². The SMILES string of the molecule is N#Cc1nc(Cc2cccc3ccccc23)oc1NC[C@@H]1CCCO1. The summed E-state index contributed by atoms with van der Waals surface area (Å²) >= 11 is 0. The maximum Gasteiger partial charge on any atom is 0.232 e. The van der Waals surface area contributed by atoms with Crippen LogP contribution >= 0.6 is 0 Å². The highest BCUT2D eigenvalue weighted by atomic mass is 16.5. The molecule has 0 aliphatic carbocycles. The molecule has 1 fully saturated rings. The van der Waals surface area contributed by atoms with Crippen LogP contribution in [-0.2, 0) is 11.2 Å². The highest BCUT2D eigenvalue weighted by Gasteiger charge is 2.18. The third kappa shape index (κ3) is 3.35. The molecule has 1 atom stereocenters. The lowest BCUT2D eigenvalue weighted by Crippen LogP contribution is -2.18. The average Bonchev–Trinajstić information content (AvgIpc) is 3.29. The normalized spacial score (nSPS) is 16.8. The van der Waals surface area contributed by atoms with E-state index in [-0.39, 0.29) is 6.10 Å². The van der Waals surface area contributed by atoms with E-state index in [1.54, 1.807) is 0 Å². The van der Waals surface area contributed by atoms with Crippen LogP contribution in [0.15, 0.2) is 46.9 Å². The lowest BCUT2D eigenvalue weighted by molar-refractivity contribution is 0.120. The molecule has 5 heteroatoms. The quantitative estimate of drug-likeness (QED) is 0.767. The van der Waals surface area contributed by atoms with Gasteiger partial charge in [0.2, 0.25) is 17.5 Å². The van der Waals surface area contributed by atoms with Crippen LogP contribution in [0.1, 0.15) is 30.0 Å². The number of nitrogens with zero attached hydrogens (tertiary/aromatic N) is 2.